The Morgan fingerprint density at radius 2 is 1.36 bits per heavy atom. The fraction of sp³-hybridized carbons (Fsp3) is 0.447. The second-order valence-electron chi connectivity index (χ2n) is 16.8. The third-order valence-corrected chi connectivity index (χ3v) is 12.7. The van der Waals surface area contributed by atoms with Crippen molar-refractivity contribution in [3.63, 3.8) is 0 Å². The van der Waals surface area contributed by atoms with Crippen molar-refractivity contribution < 1.29 is 33.4 Å². The molecule has 3 aromatic rings. The number of hydrogen-bond donors (Lipinski definition) is 2. The maximum Gasteiger partial charge on any atom is 0.425 e. The molecule has 8 rings (SSSR count). The van der Waals surface area contributed by atoms with Gasteiger partial charge in [-0.2, -0.15) is 0 Å². The van der Waals surface area contributed by atoms with Gasteiger partial charge in [0.05, 0.1) is 32.9 Å². The first-order valence-corrected chi connectivity index (χ1v) is 21.5. The van der Waals surface area contributed by atoms with Crippen molar-refractivity contribution in [1.29, 1.82) is 0 Å². The molecule has 5 amide bonds. The standard InChI is InChI=1S/C47H55N7O7/c1-29(2)53(50-45(56)59-3)44(55)40-9-6-5-8-39(40)41-24-37(27-48-41)35-18-17-33-22-32(15-16-34(33)23-35)30-11-13-31(14-12-30)36-25-42(49-26-36)43-10-7-20-52(43)47(58)54(51-46(57)60-4)38-19-21-61-28-38/h11-18,22-23,26-27,29,38-40,43H,5-10,19-21,24-25,28H2,1-4H3,(H,50,56)(H,51,57)/t38?,39?,40-,43+/m1/s1. The van der Waals surface area contributed by atoms with E-state index in [1.54, 1.807) is 0 Å². The Labute approximate surface area is 356 Å². The van der Waals surface area contributed by atoms with Gasteiger partial charge in [0, 0.05) is 67.7 Å². The molecule has 4 heterocycles. The number of allylic oxidation sites excluding steroid dienone is 2. The molecule has 2 unspecified atom stereocenters. The van der Waals surface area contributed by atoms with E-state index >= 15 is 0 Å². The molecule has 61 heavy (non-hydrogen) atoms. The summed E-state index contributed by atoms with van der Waals surface area (Å²) >= 11 is 0. The molecular formula is C47H55N7O7. The molecule has 4 atom stereocenters. The monoisotopic (exact) mass is 829 g/mol. The van der Waals surface area contributed by atoms with Crippen molar-refractivity contribution in [2.75, 3.05) is 34.0 Å². The first kappa shape index (κ1) is 41.7. The van der Waals surface area contributed by atoms with Crippen molar-refractivity contribution in [1.82, 2.24) is 25.8 Å². The Morgan fingerprint density at radius 1 is 0.738 bits per heavy atom. The molecule has 3 fully saturated rings. The maximum absolute atomic E-state index is 13.8. The molecule has 0 spiro atoms. The summed E-state index contributed by atoms with van der Waals surface area (Å²) in [4.78, 5) is 63.3. The average molecular weight is 830 g/mol. The molecule has 1 aliphatic carbocycles. The second-order valence-corrected chi connectivity index (χ2v) is 16.8. The van der Waals surface area contributed by atoms with Crippen LogP contribution in [0.5, 0.6) is 0 Å². The predicted molar refractivity (Wildman–Crippen MR) is 234 cm³/mol. The number of ether oxygens (including phenoxy) is 3. The van der Waals surface area contributed by atoms with Gasteiger partial charge in [-0.1, -0.05) is 61.4 Å². The van der Waals surface area contributed by atoms with Crippen LogP contribution >= 0.6 is 0 Å². The lowest BCUT2D eigenvalue weighted by atomic mass is 9.74. The van der Waals surface area contributed by atoms with Crippen molar-refractivity contribution in [3.8, 4) is 11.1 Å². The summed E-state index contributed by atoms with van der Waals surface area (Å²) in [7, 11) is 2.58. The molecule has 0 radical (unpaired) electrons. The largest absolute Gasteiger partial charge is 0.452 e. The molecule has 1 saturated carbocycles. The number of benzene rings is 3. The van der Waals surface area contributed by atoms with Gasteiger partial charge in [-0.05, 0) is 102 Å². The number of nitrogens with zero attached hydrogens (tertiary/aromatic N) is 5. The number of methoxy groups -OCH3 is 2. The Hall–Kier alpha value is -6.02. The minimum atomic E-state index is -0.685. The lowest BCUT2D eigenvalue weighted by Crippen LogP contribution is -2.58. The third kappa shape index (κ3) is 8.90. The Kier molecular flexibility index (Phi) is 12.5. The lowest BCUT2D eigenvalue weighted by Gasteiger charge is -2.36. The SMILES string of the molecule is COC(=O)NN(C(=O)[C@@H]1CCCCC1C1=NC=C(c2ccc3cc(-c4ccc(C5=CN=C([C@@H]6CCCN6C(=O)N(NC(=O)OC)C6CCOC6)C5)cc4)ccc3c2)C1)C(C)C. The quantitative estimate of drug-likeness (QED) is 0.217. The van der Waals surface area contributed by atoms with Gasteiger partial charge in [0.25, 0.3) is 0 Å². The van der Waals surface area contributed by atoms with Gasteiger partial charge in [-0.25, -0.2) is 35.3 Å². The molecule has 2 N–H and O–H groups in total. The van der Waals surface area contributed by atoms with Crippen molar-refractivity contribution in [3.05, 3.63) is 84.2 Å². The molecule has 14 nitrogen and oxygen atoms in total. The maximum atomic E-state index is 13.8. The number of hydrogen-bond acceptors (Lipinski definition) is 9. The van der Waals surface area contributed by atoms with Crippen molar-refractivity contribution in [2.45, 2.75) is 89.8 Å². The molecule has 5 aliphatic rings. The van der Waals surface area contributed by atoms with E-state index in [0.29, 0.717) is 39.0 Å². The van der Waals surface area contributed by atoms with Gasteiger partial charge in [0.1, 0.15) is 0 Å². The van der Waals surface area contributed by atoms with Crippen LogP contribution in [0, 0.1) is 11.8 Å². The van der Waals surface area contributed by atoms with E-state index in [-0.39, 0.29) is 41.9 Å². The van der Waals surface area contributed by atoms with Crippen LogP contribution in [0.15, 0.2) is 83.0 Å². The van der Waals surface area contributed by atoms with Gasteiger partial charge >= 0.3 is 18.2 Å². The third-order valence-electron chi connectivity index (χ3n) is 12.7. The van der Waals surface area contributed by atoms with Gasteiger partial charge in [0.15, 0.2) is 0 Å². The number of rotatable bonds is 8. The molecule has 3 aromatic carbocycles. The summed E-state index contributed by atoms with van der Waals surface area (Å²) in [6, 6.07) is 20.8. The highest BCUT2D eigenvalue weighted by Gasteiger charge is 2.41. The van der Waals surface area contributed by atoms with E-state index in [2.05, 4.69) is 71.5 Å². The van der Waals surface area contributed by atoms with Crippen molar-refractivity contribution >= 4 is 57.5 Å². The fourth-order valence-electron chi connectivity index (χ4n) is 9.41. The normalized spacial score (nSPS) is 22.3. The number of aliphatic imine (C=N–C) groups is 2. The molecule has 2 saturated heterocycles. The van der Waals surface area contributed by atoms with E-state index in [1.807, 2.05) is 31.1 Å². The minimum absolute atomic E-state index is 0.0184. The summed E-state index contributed by atoms with van der Waals surface area (Å²) in [6.45, 7) is 5.24. The molecular weight excluding hydrogens is 775 g/mol. The number of urea groups is 1. The van der Waals surface area contributed by atoms with E-state index in [4.69, 9.17) is 24.2 Å². The van der Waals surface area contributed by atoms with Crippen LogP contribution in [0.25, 0.3) is 33.0 Å². The summed E-state index contributed by atoms with van der Waals surface area (Å²) in [5.41, 5.74) is 13.9. The smallest absolute Gasteiger partial charge is 0.425 e. The highest BCUT2D eigenvalue weighted by atomic mass is 16.5. The minimum Gasteiger partial charge on any atom is -0.452 e. The van der Waals surface area contributed by atoms with Crippen LogP contribution in [0.2, 0.25) is 0 Å². The van der Waals surface area contributed by atoms with Gasteiger partial charge in [0.2, 0.25) is 5.91 Å². The first-order valence-electron chi connectivity index (χ1n) is 21.5. The number of carbonyl (C=O) groups is 4. The molecule has 0 bridgehead atoms. The van der Waals surface area contributed by atoms with Crippen LogP contribution < -0.4 is 10.9 Å². The first-order chi connectivity index (χ1) is 29.6. The van der Waals surface area contributed by atoms with Crippen molar-refractivity contribution in [2.24, 2.45) is 21.8 Å². The number of amides is 5. The van der Waals surface area contributed by atoms with E-state index in [0.717, 1.165) is 94.1 Å². The zero-order chi connectivity index (χ0) is 42.6. The molecule has 4 aliphatic heterocycles. The zero-order valence-corrected chi connectivity index (χ0v) is 35.4. The molecule has 0 aromatic heterocycles. The highest BCUT2D eigenvalue weighted by Crippen LogP contribution is 2.39. The number of nitrogens with one attached hydrogen (secondary N) is 2. The topological polar surface area (TPSA) is 154 Å². The van der Waals surface area contributed by atoms with Crippen LogP contribution in [0.1, 0.15) is 82.8 Å². The Morgan fingerprint density at radius 3 is 2.07 bits per heavy atom. The second kappa shape index (κ2) is 18.3. The van der Waals surface area contributed by atoms with Gasteiger partial charge in [-0.3, -0.25) is 14.8 Å². The van der Waals surface area contributed by atoms with E-state index in [1.165, 1.54) is 24.2 Å². The predicted octanol–water partition coefficient (Wildman–Crippen LogP) is 8.14. The molecule has 320 valence electrons. The fourth-order valence-corrected chi connectivity index (χ4v) is 9.41. The lowest BCUT2D eigenvalue weighted by molar-refractivity contribution is -0.142. The number of likely N-dealkylation sites (tertiary alicyclic amines) is 1. The van der Waals surface area contributed by atoms with Crippen LogP contribution in [0.4, 0.5) is 14.4 Å². The average Bonchev–Trinajstić information content (AvgIpc) is 4.15. The Balaban J connectivity index is 0.889. The van der Waals surface area contributed by atoms with Crippen LogP contribution in [-0.2, 0) is 19.0 Å². The van der Waals surface area contributed by atoms with E-state index in [9.17, 15) is 19.2 Å². The molecule has 14 heteroatoms. The van der Waals surface area contributed by atoms with Crippen LogP contribution in [0.3, 0.4) is 0 Å². The number of hydrazine groups is 2. The van der Waals surface area contributed by atoms with Crippen LogP contribution in [-0.4, -0.2) is 103 Å². The number of fused-ring (bicyclic) bond motifs is 1. The Bertz CT molecular complexity index is 2300. The summed E-state index contributed by atoms with van der Waals surface area (Å²) in [6.07, 6.45) is 9.85. The summed E-state index contributed by atoms with van der Waals surface area (Å²) in [5, 5.41) is 5.07. The summed E-state index contributed by atoms with van der Waals surface area (Å²) in [5.74, 6) is -0.324. The zero-order valence-electron chi connectivity index (χ0n) is 35.4. The number of carbonyl (C=O) groups excluding carboxylic acids is 4. The van der Waals surface area contributed by atoms with Gasteiger partial charge < -0.3 is 19.1 Å². The highest BCUT2D eigenvalue weighted by molar-refractivity contribution is 6.04. The van der Waals surface area contributed by atoms with Gasteiger partial charge in [-0.15, -0.1) is 0 Å². The van der Waals surface area contributed by atoms with E-state index < -0.39 is 12.2 Å². The summed E-state index contributed by atoms with van der Waals surface area (Å²) < 4.78 is 15.1.